The number of rotatable bonds is 8. The number of benzene rings is 3. The number of hydrogen-bond donors (Lipinski definition) is 1. The number of carboxylic acids is 1. The summed E-state index contributed by atoms with van der Waals surface area (Å²) in [5.74, 6) is 0.498. The van der Waals surface area contributed by atoms with Crippen LogP contribution >= 0.6 is 0 Å². The molecule has 1 heterocycles. The number of carboxylic acid groups (broad SMARTS) is 1. The summed E-state index contributed by atoms with van der Waals surface area (Å²) in [5, 5.41) is 10.5. The predicted octanol–water partition coefficient (Wildman–Crippen LogP) is 5.36. The summed E-state index contributed by atoms with van der Waals surface area (Å²) >= 11 is 0. The summed E-state index contributed by atoms with van der Waals surface area (Å²) < 4.78 is 22.3. The van der Waals surface area contributed by atoms with Gasteiger partial charge < -0.3 is 24.1 Å². The zero-order chi connectivity index (χ0) is 23.7. The summed E-state index contributed by atoms with van der Waals surface area (Å²) in [4.78, 5) is 12.8. The van der Waals surface area contributed by atoms with Crippen LogP contribution in [-0.2, 0) is 4.79 Å². The van der Waals surface area contributed by atoms with Crippen LogP contribution in [0.1, 0.15) is 40.5 Å². The first-order valence-corrected chi connectivity index (χ1v) is 11.2. The van der Waals surface area contributed by atoms with Crippen LogP contribution in [0.25, 0.3) is 0 Å². The number of fused-ring (bicyclic) bond motifs is 2. The topological polar surface area (TPSA) is 74.2 Å². The number of hydrogen-bond acceptors (Lipinski definition) is 5. The van der Waals surface area contributed by atoms with Crippen molar-refractivity contribution in [3.8, 4) is 23.0 Å². The van der Waals surface area contributed by atoms with E-state index in [0.717, 1.165) is 40.2 Å². The second kappa shape index (κ2) is 9.14. The molecule has 6 nitrogen and oxygen atoms in total. The van der Waals surface area contributed by atoms with Gasteiger partial charge in [0.1, 0.15) is 11.5 Å². The first-order valence-electron chi connectivity index (χ1n) is 11.2. The van der Waals surface area contributed by atoms with Gasteiger partial charge in [-0.2, -0.15) is 0 Å². The molecule has 0 bridgehead atoms. The molecule has 1 N–H and O–H groups in total. The second-order valence-electron chi connectivity index (χ2n) is 8.42. The van der Waals surface area contributed by atoms with Gasteiger partial charge >= 0.3 is 5.97 Å². The minimum absolute atomic E-state index is 0.169. The molecule has 6 heteroatoms. The normalized spacial score (nSPS) is 20.0. The first kappa shape index (κ1) is 21.9. The van der Waals surface area contributed by atoms with Gasteiger partial charge in [0.15, 0.2) is 11.5 Å². The first-order chi connectivity index (χ1) is 16.6. The lowest BCUT2D eigenvalue weighted by Crippen LogP contribution is -2.23. The van der Waals surface area contributed by atoms with Crippen molar-refractivity contribution in [2.24, 2.45) is 5.92 Å². The summed E-state index contributed by atoms with van der Waals surface area (Å²) in [6.45, 7) is 4.42. The Labute approximate surface area is 198 Å². The molecule has 3 aromatic carbocycles. The van der Waals surface area contributed by atoms with Crippen molar-refractivity contribution in [3.63, 3.8) is 0 Å². The molecule has 0 fully saturated rings. The molecule has 3 unspecified atom stereocenters. The molecule has 0 spiro atoms. The van der Waals surface area contributed by atoms with E-state index in [1.807, 2.05) is 66.7 Å². The Bertz CT molecular complexity index is 1220. The Morgan fingerprint density at radius 1 is 0.971 bits per heavy atom. The Balaban J connectivity index is 1.63. The Kier molecular flexibility index (Phi) is 5.88. The van der Waals surface area contributed by atoms with Crippen molar-refractivity contribution in [1.29, 1.82) is 0 Å². The quantitative estimate of drug-likeness (QED) is 0.362. The van der Waals surface area contributed by atoms with Crippen LogP contribution in [0.4, 0.5) is 0 Å². The number of ether oxygens (including phenoxy) is 4. The maximum atomic E-state index is 12.8. The molecule has 3 atom stereocenters. The zero-order valence-corrected chi connectivity index (χ0v) is 18.9. The van der Waals surface area contributed by atoms with Crippen molar-refractivity contribution in [2.75, 3.05) is 20.5 Å². The van der Waals surface area contributed by atoms with E-state index in [1.54, 1.807) is 7.11 Å². The lowest BCUT2D eigenvalue weighted by molar-refractivity contribution is -0.142. The molecule has 0 aromatic heterocycles. The monoisotopic (exact) mass is 458 g/mol. The van der Waals surface area contributed by atoms with Crippen LogP contribution in [0.2, 0.25) is 0 Å². The van der Waals surface area contributed by atoms with Crippen LogP contribution in [-0.4, -0.2) is 31.6 Å². The highest BCUT2D eigenvalue weighted by Gasteiger charge is 2.47. The van der Waals surface area contributed by atoms with E-state index in [0.29, 0.717) is 18.1 Å². The van der Waals surface area contributed by atoms with Crippen LogP contribution in [0.5, 0.6) is 23.0 Å². The fourth-order valence-corrected chi connectivity index (χ4v) is 5.01. The molecule has 0 saturated heterocycles. The number of methoxy groups -OCH3 is 1. The van der Waals surface area contributed by atoms with Crippen LogP contribution in [0.15, 0.2) is 73.3 Å². The summed E-state index contributed by atoms with van der Waals surface area (Å²) in [7, 11) is 1.61. The highest BCUT2D eigenvalue weighted by atomic mass is 16.7. The van der Waals surface area contributed by atoms with E-state index in [9.17, 15) is 9.90 Å². The highest BCUT2D eigenvalue weighted by Crippen LogP contribution is 2.54. The standard InChI is InChI=1S/C28H26O6/c1-3-4-13-32-20-10-11-21-22(15-20)25(17-5-8-19(31-2)9-6-17)27(28(29)30)26(21)18-7-12-23-24(14-18)34-16-33-23/h3,5-12,14-15,25-27H,1,4,13,16H2,2H3,(H,29,30). The SMILES string of the molecule is C=CCCOc1ccc2c(c1)C(c1ccc(OC)cc1)C(C(=O)O)C2c1ccc2c(c1)OCO2. The highest BCUT2D eigenvalue weighted by molar-refractivity contribution is 5.78. The van der Waals surface area contributed by atoms with Crippen molar-refractivity contribution >= 4 is 5.97 Å². The summed E-state index contributed by atoms with van der Waals surface area (Å²) in [6, 6.07) is 19.2. The molecule has 5 rings (SSSR count). The molecule has 174 valence electrons. The predicted molar refractivity (Wildman–Crippen MR) is 127 cm³/mol. The third-order valence-corrected chi connectivity index (χ3v) is 6.55. The zero-order valence-electron chi connectivity index (χ0n) is 18.9. The molecular weight excluding hydrogens is 432 g/mol. The number of aliphatic carboxylic acids is 1. The molecular formula is C28H26O6. The van der Waals surface area contributed by atoms with Crippen molar-refractivity contribution in [1.82, 2.24) is 0 Å². The molecule has 34 heavy (non-hydrogen) atoms. The maximum Gasteiger partial charge on any atom is 0.308 e. The van der Waals surface area contributed by atoms with E-state index in [2.05, 4.69) is 6.58 Å². The average molecular weight is 459 g/mol. The van der Waals surface area contributed by atoms with Gasteiger partial charge in [-0.25, -0.2) is 0 Å². The van der Waals surface area contributed by atoms with Crippen LogP contribution < -0.4 is 18.9 Å². The third-order valence-electron chi connectivity index (χ3n) is 6.55. The van der Waals surface area contributed by atoms with Gasteiger partial charge in [0.05, 0.1) is 19.6 Å². The second-order valence-corrected chi connectivity index (χ2v) is 8.42. The number of carbonyl (C=O) groups is 1. The summed E-state index contributed by atoms with van der Waals surface area (Å²) in [6.07, 6.45) is 2.54. The van der Waals surface area contributed by atoms with Crippen LogP contribution in [0.3, 0.4) is 0 Å². The Morgan fingerprint density at radius 2 is 1.68 bits per heavy atom. The van der Waals surface area contributed by atoms with Gasteiger partial charge in [-0.3, -0.25) is 4.79 Å². The minimum Gasteiger partial charge on any atom is -0.497 e. The van der Waals surface area contributed by atoms with E-state index in [-0.39, 0.29) is 18.6 Å². The van der Waals surface area contributed by atoms with Crippen molar-refractivity contribution in [3.05, 3.63) is 95.6 Å². The Morgan fingerprint density at radius 3 is 2.41 bits per heavy atom. The molecule has 0 saturated carbocycles. The smallest absolute Gasteiger partial charge is 0.308 e. The molecule has 1 aliphatic carbocycles. The van der Waals surface area contributed by atoms with Gasteiger partial charge in [-0.05, 0) is 65.1 Å². The van der Waals surface area contributed by atoms with Crippen LogP contribution in [0, 0.1) is 5.92 Å². The average Bonchev–Trinajstić information content (AvgIpc) is 3.46. The van der Waals surface area contributed by atoms with Gasteiger partial charge in [0.25, 0.3) is 0 Å². The van der Waals surface area contributed by atoms with Gasteiger partial charge in [0, 0.05) is 11.8 Å². The fraction of sp³-hybridized carbons (Fsp3) is 0.250. The van der Waals surface area contributed by atoms with E-state index in [1.165, 1.54) is 0 Å². The van der Waals surface area contributed by atoms with Gasteiger partial charge in [-0.1, -0.05) is 30.3 Å². The lowest BCUT2D eigenvalue weighted by atomic mass is 9.79. The lowest BCUT2D eigenvalue weighted by Gasteiger charge is -2.23. The third kappa shape index (κ3) is 3.85. The maximum absolute atomic E-state index is 12.8. The van der Waals surface area contributed by atoms with Gasteiger partial charge in [-0.15, -0.1) is 6.58 Å². The van der Waals surface area contributed by atoms with E-state index >= 15 is 0 Å². The largest absolute Gasteiger partial charge is 0.497 e. The molecule has 0 amide bonds. The minimum atomic E-state index is -0.853. The van der Waals surface area contributed by atoms with Crippen molar-refractivity contribution < 1.29 is 28.8 Å². The summed E-state index contributed by atoms with van der Waals surface area (Å²) in [5.41, 5.74) is 3.73. The molecule has 3 aromatic rings. The Hall–Kier alpha value is -3.93. The fourth-order valence-electron chi connectivity index (χ4n) is 5.01. The molecule has 1 aliphatic heterocycles. The van der Waals surface area contributed by atoms with E-state index < -0.39 is 11.9 Å². The van der Waals surface area contributed by atoms with Crippen molar-refractivity contribution in [2.45, 2.75) is 18.3 Å². The molecule has 0 radical (unpaired) electrons. The van der Waals surface area contributed by atoms with E-state index in [4.69, 9.17) is 18.9 Å². The molecule has 2 aliphatic rings. The van der Waals surface area contributed by atoms with Gasteiger partial charge in [0.2, 0.25) is 6.79 Å².